The van der Waals surface area contributed by atoms with Crippen LogP contribution >= 0.6 is 0 Å². The van der Waals surface area contributed by atoms with E-state index in [1.165, 1.54) is 30.5 Å². The largest absolute Gasteiger partial charge is 0.294 e. The van der Waals surface area contributed by atoms with Crippen molar-refractivity contribution in [1.29, 1.82) is 0 Å². The summed E-state index contributed by atoms with van der Waals surface area (Å²) in [6.45, 7) is 3.30. The third-order valence-corrected chi connectivity index (χ3v) is 2.96. The van der Waals surface area contributed by atoms with Gasteiger partial charge in [-0.2, -0.15) is 0 Å². The highest BCUT2D eigenvalue weighted by Crippen LogP contribution is 2.21. The molecule has 0 spiro atoms. The molecule has 1 aromatic rings. The van der Waals surface area contributed by atoms with Crippen molar-refractivity contribution in [2.45, 2.75) is 32.1 Å². The van der Waals surface area contributed by atoms with E-state index in [4.69, 9.17) is 0 Å². The molecular weight excluding hydrogens is 170 g/mol. The molecule has 1 aliphatic heterocycles. The van der Waals surface area contributed by atoms with E-state index in [0.717, 1.165) is 6.54 Å². The number of aliphatic imine (C=N–C) groups is 1. The Kier molecular flexibility index (Phi) is 2.97. The van der Waals surface area contributed by atoms with Gasteiger partial charge in [-0.1, -0.05) is 37.3 Å². The normalized spacial score (nSPS) is 18.8. The molecule has 1 nitrogen and oxygen atoms in total. The molecule has 14 heavy (non-hydrogen) atoms. The molecule has 0 aromatic heterocycles. The minimum Gasteiger partial charge on any atom is -0.294 e. The van der Waals surface area contributed by atoms with Gasteiger partial charge in [0.25, 0.3) is 0 Å². The highest BCUT2D eigenvalue weighted by molar-refractivity contribution is 5.91. The van der Waals surface area contributed by atoms with Crippen molar-refractivity contribution in [3.63, 3.8) is 0 Å². The summed E-state index contributed by atoms with van der Waals surface area (Å²) in [6.07, 6.45) is 3.77. The van der Waals surface area contributed by atoms with Gasteiger partial charge >= 0.3 is 0 Å². The van der Waals surface area contributed by atoms with E-state index in [0.29, 0.717) is 5.92 Å². The van der Waals surface area contributed by atoms with Crippen molar-refractivity contribution in [3.8, 4) is 0 Å². The average molecular weight is 187 g/mol. The van der Waals surface area contributed by atoms with Crippen LogP contribution in [0.2, 0.25) is 0 Å². The molecule has 0 amide bonds. The SMILES string of the molecule is CC(C1=NCCCC1)c1ccccc1. The second-order valence-corrected chi connectivity index (χ2v) is 3.96. The lowest BCUT2D eigenvalue weighted by Crippen LogP contribution is -2.13. The Balaban J connectivity index is 2.15. The molecule has 0 fully saturated rings. The van der Waals surface area contributed by atoms with Crippen LogP contribution in [-0.2, 0) is 0 Å². The molecule has 74 valence electrons. The Hall–Kier alpha value is -1.11. The maximum atomic E-state index is 4.62. The third-order valence-electron chi connectivity index (χ3n) is 2.96. The Labute approximate surface area is 85.9 Å². The summed E-state index contributed by atoms with van der Waals surface area (Å²) < 4.78 is 0. The smallest absolute Gasteiger partial charge is 0.0389 e. The van der Waals surface area contributed by atoms with E-state index in [1.807, 2.05) is 0 Å². The highest BCUT2D eigenvalue weighted by atomic mass is 14.7. The summed E-state index contributed by atoms with van der Waals surface area (Å²) in [5, 5.41) is 0. The summed E-state index contributed by atoms with van der Waals surface area (Å²) in [5.74, 6) is 0.511. The van der Waals surface area contributed by atoms with Crippen molar-refractivity contribution < 1.29 is 0 Å². The lowest BCUT2D eigenvalue weighted by molar-refractivity contribution is 0.716. The topological polar surface area (TPSA) is 12.4 Å². The number of hydrogen-bond donors (Lipinski definition) is 0. The molecule has 1 heterocycles. The Bertz CT molecular complexity index is 313. The van der Waals surface area contributed by atoms with E-state index in [2.05, 4.69) is 42.2 Å². The molecule has 1 atom stereocenters. The van der Waals surface area contributed by atoms with Gasteiger partial charge in [0.1, 0.15) is 0 Å². The van der Waals surface area contributed by atoms with Gasteiger partial charge in [-0.05, 0) is 24.8 Å². The maximum Gasteiger partial charge on any atom is 0.0389 e. The highest BCUT2D eigenvalue weighted by Gasteiger charge is 2.14. The zero-order valence-corrected chi connectivity index (χ0v) is 8.74. The summed E-state index contributed by atoms with van der Waals surface area (Å²) in [4.78, 5) is 4.62. The molecule has 2 rings (SSSR count). The van der Waals surface area contributed by atoms with E-state index in [9.17, 15) is 0 Å². The summed E-state index contributed by atoms with van der Waals surface area (Å²) in [6, 6.07) is 10.7. The van der Waals surface area contributed by atoms with Gasteiger partial charge < -0.3 is 0 Å². The first-order valence-electron chi connectivity index (χ1n) is 5.46. The first-order chi connectivity index (χ1) is 6.88. The van der Waals surface area contributed by atoms with Crippen LogP contribution in [0.25, 0.3) is 0 Å². The van der Waals surface area contributed by atoms with Crippen molar-refractivity contribution >= 4 is 5.71 Å². The zero-order valence-electron chi connectivity index (χ0n) is 8.74. The summed E-state index contributed by atoms with van der Waals surface area (Å²) in [7, 11) is 0. The van der Waals surface area contributed by atoms with Crippen LogP contribution in [-0.4, -0.2) is 12.3 Å². The molecule has 0 saturated carbocycles. The average Bonchev–Trinajstić information content (AvgIpc) is 2.30. The Morgan fingerprint density at radius 3 is 2.57 bits per heavy atom. The Morgan fingerprint density at radius 1 is 1.14 bits per heavy atom. The van der Waals surface area contributed by atoms with E-state index < -0.39 is 0 Å². The lowest BCUT2D eigenvalue weighted by Gasteiger charge is -2.18. The van der Waals surface area contributed by atoms with Gasteiger partial charge in [0.15, 0.2) is 0 Å². The molecule has 0 aliphatic carbocycles. The van der Waals surface area contributed by atoms with Crippen LogP contribution in [0, 0.1) is 0 Å². The quantitative estimate of drug-likeness (QED) is 0.672. The van der Waals surface area contributed by atoms with Crippen molar-refractivity contribution in [1.82, 2.24) is 0 Å². The maximum absolute atomic E-state index is 4.62. The van der Waals surface area contributed by atoms with Crippen molar-refractivity contribution in [2.75, 3.05) is 6.54 Å². The monoisotopic (exact) mass is 187 g/mol. The number of rotatable bonds is 2. The number of benzene rings is 1. The number of hydrogen-bond acceptors (Lipinski definition) is 1. The van der Waals surface area contributed by atoms with Crippen LogP contribution in [0.15, 0.2) is 35.3 Å². The third kappa shape index (κ3) is 2.03. The van der Waals surface area contributed by atoms with E-state index in [1.54, 1.807) is 0 Å². The molecule has 0 bridgehead atoms. The van der Waals surface area contributed by atoms with Gasteiger partial charge in [-0.15, -0.1) is 0 Å². The molecule has 1 unspecified atom stereocenters. The molecule has 0 radical (unpaired) electrons. The molecule has 1 aromatic carbocycles. The summed E-state index contributed by atoms with van der Waals surface area (Å²) >= 11 is 0. The molecule has 1 aliphatic rings. The second-order valence-electron chi connectivity index (χ2n) is 3.96. The fourth-order valence-corrected chi connectivity index (χ4v) is 2.01. The molecule has 0 N–H and O–H groups in total. The Morgan fingerprint density at radius 2 is 1.93 bits per heavy atom. The van der Waals surface area contributed by atoms with Crippen molar-refractivity contribution in [3.05, 3.63) is 35.9 Å². The lowest BCUT2D eigenvalue weighted by atomic mass is 9.91. The number of nitrogens with zero attached hydrogens (tertiary/aromatic N) is 1. The first kappa shape index (κ1) is 9.45. The second kappa shape index (κ2) is 4.41. The van der Waals surface area contributed by atoms with Crippen LogP contribution in [0.4, 0.5) is 0 Å². The fraction of sp³-hybridized carbons (Fsp3) is 0.462. The minimum absolute atomic E-state index is 0.511. The molecule has 0 saturated heterocycles. The molecule has 1 heteroatoms. The first-order valence-corrected chi connectivity index (χ1v) is 5.46. The van der Waals surface area contributed by atoms with Crippen LogP contribution in [0.1, 0.15) is 37.7 Å². The van der Waals surface area contributed by atoms with Gasteiger partial charge in [-0.3, -0.25) is 4.99 Å². The van der Waals surface area contributed by atoms with Crippen LogP contribution in [0.5, 0.6) is 0 Å². The van der Waals surface area contributed by atoms with Gasteiger partial charge in [0.05, 0.1) is 0 Å². The van der Waals surface area contributed by atoms with E-state index in [-0.39, 0.29) is 0 Å². The van der Waals surface area contributed by atoms with Gasteiger partial charge in [0.2, 0.25) is 0 Å². The standard InChI is InChI=1S/C13H17N/c1-11(12-7-3-2-4-8-12)13-9-5-6-10-14-13/h2-4,7-8,11H,5-6,9-10H2,1H3. The molecular formula is C13H17N. The minimum atomic E-state index is 0.511. The predicted octanol–water partition coefficient (Wildman–Crippen LogP) is 3.42. The van der Waals surface area contributed by atoms with Gasteiger partial charge in [0, 0.05) is 18.2 Å². The van der Waals surface area contributed by atoms with Crippen LogP contribution in [0.3, 0.4) is 0 Å². The fourth-order valence-electron chi connectivity index (χ4n) is 2.01. The van der Waals surface area contributed by atoms with Crippen LogP contribution < -0.4 is 0 Å². The summed E-state index contributed by atoms with van der Waals surface area (Å²) in [5.41, 5.74) is 2.79. The van der Waals surface area contributed by atoms with Gasteiger partial charge in [-0.25, -0.2) is 0 Å². The predicted molar refractivity (Wildman–Crippen MR) is 61.0 cm³/mol. The van der Waals surface area contributed by atoms with E-state index >= 15 is 0 Å². The van der Waals surface area contributed by atoms with Crippen molar-refractivity contribution in [2.24, 2.45) is 4.99 Å². The zero-order chi connectivity index (χ0) is 9.80.